The molecule has 4 aromatic rings. The Labute approximate surface area is 204 Å². The number of phenolic OH excluding ortho intramolecular Hbond substituents is 1. The van der Waals surface area contributed by atoms with Gasteiger partial charge in [0.25, 0.3) is 0 Å². The summed E-state index contributed by atoms with van der Waals surface area (Å²) in [6.45, 7) is 1.86. The number of rotatable bonds is 7. The van der Waals surface area contributed by atoms with Gasteiger partial charge >= 0.3 is 0 Å². The molecule has 0 radical (unpaired) electrons. The van der Waals surface area contributed by atoms with Crippen molar-refractivity contribution in [3.8, 4) is 39.6 Å². The zero-order valence-electron chi connectivity index (χ0n) is 18.8. The number of halogens is 1. The molecule has 2 N–H and O–H groups in total. The number of aromatic hydroxyl groups is 1. The summed E-state index contributed by atoms with van der Waals surface area (Å²) in [7, 11) is 1.59. The van der Waals surface area contributed by atoms with Crippen LogP contribution in [0.4, 0.5) is 5.82 Å². The van der Waals surface area contributed by atoms with Crippen molar-refractivity contribution in [2.75, 3.05) is 12.4 Å². The van der Waals surface area contributed by atoms with Gasteiger partial charge in [-0.2, -0.15) is 0 Å². The highest BCUT2D eigenvalue weighted by Gasteiger charge is 2.14. The number of hydrogen-bond donors (Lipinski definition) is 2. The molecule has 0 aliphatic heterocycles. The minimum atomic E-state index is -0.230. The van der Waals surface area contributed by atoms with E-state index in [1.807, 2.05) is 66.7 Å². The molecule has 0 fully saturated rings. The van der Waals surface area contributed by atoms with Crippen molar-refractivity contribution in [2.24, 2.45) is 0 Å². The summed E-state index contributed by atoms with van der Waals surface area (Å²) in [6, 6.07) is 26.1. The SMILES string of the molecule is COc1cc(-c2ccc(-c3cccc(O)c3)nc2NC(C)=O)ccc1OCc1ccccc1.Cl. The predicted molar refractivity (Wildman–Crippen MR) is 136 cm³/mol. The molecule has 1 amide bonds. The van der Waals surface area contributed by atoms with E-state index in [-0.39, 0.29) is 24.1 Å². The second kappa shape index (κ2) is 11.2. The van der Waals surface area contributed by atoms with Crippen LogP contribution in [0.5, 0.6) is 17.2 Å². The maximum absolute atomic E-state index is 11.9. The van der Waals surface area contributed by atoms with Crippen molar-refractivity contribution >= 4 is 24.1 Å². The van der Waals surface area contributed by atoms with Gasteiger partial charge in [0.15, 0.2) is 11.5 Å². The zero-order valence-corrected chi connectivity index (χ0v) is 19.6. The number of anilines is 1. The van der Waals surface area contributed by atoms with Crippen molar-refractivity contribution in [3.05, 3.63) is 90.5 Å². The highest BCUT2D eigenvalue weighted by Crippen LogP contribution is 2.36. The van der Waals surface area contributed by atoms with Crippen molar-refractivity contribution in [2.45, 2.75) is 13.5 Å². The molecule has 34 heavy (non-hydrogen) atoms. The number of aromatic nitrogens is 1. The molecule has 0 bridgehead atoms. The van der Waals surface area contributed by atoms with Crippen LogP contribution in [0.2, 0.25) is 0 Å². The summed E-state index contributed by atoms with van der Waals surface area (Å²) < 4.78 is 11.5. The van der Waals surface area contributed by atoms with E-state index in [1.165, 1.54) is 6.92 Å². The number of nitrogens with zero attached hydrogens (tertiary/aromatic N) is 1. The molecule has 0 aliphatic rings. The monoisotopic (exact) mass is 476 g/mol. The number of hydrogen-bond acceptors (Lipinski definition) is 5. The van der Waals surface area contributed by atoms with E-state index >= 15 is 0 Å². The maximum Gasteiger partial charge on any atom is 0.222 e. The van der Waals surface area contributed by atoms with Gasteiger partial charge in [0.2, 0.25) is 5.91 Å². The number of benzene rings is 3. The molecule has 0 aliphatic carbocycles. The minimum Gasteiger partial charge on any atom is -0.508 e. The first-order chi connectivity index (χ1) is 16.0. The van der Waals surface area contributed by atoms with Crippen LogP contribution in [-0.4, -0.2) is 23.1 Å². The Balaban J connectivity index is 0.00000324. The molecule has 0 saturated heterocycles. The fourth-order valence-electron chi connectivity index (χ4n) is 3.47. The van der Waals surface area contributed by atoms with Gasteiger partial charge in [0.05, 0.1) is 12.8 Å². The minimum absolute atomic E-state index is 0. The van der Waals surface area contributed by atoms with Gasteiger partial charge < -0.3 is 19.9 Å². The smallest absolute Gasteiger partial charge is 0.222 e. The number of amides is 1. The van der Waals surface area contributed by atoms with E-state index in [2.05, 4.69) is 10.3 Å². The number of carbonyl (C=O) groups excluding carboxylic acids is 1. The quantitative estimate of drug-likeness (QED) is 0.337. The van der Waals surface area contributed by atoms with Crippen LogP contribution < -0.4 is 14.8 Å². The van der Waals surface area contributed by atoms with Gasteiger partial charge in [-0.3, -0.25) is 4.79 Å². The molecule has 0 atom stereocenters. The van der Waals surface area contributed by atoms with E-state index in [4.69, 9.17) is 9.47 Å². The lowest BCUT2D eigenvalue weighted by Gasteiger charge is -2.15. The summed E-state index contributed by atoms with van der Waals surface area (Å²) in [5.74, 6) is 1.54. The molecule has 7 heteroatoms. The number of pyridine rings is 1. The third-order valence-corrected chi connectivity index (χ3v) is 5.04. The Morgan fingerprint density at radius 1 is 0.912 bits per heavy atom. The normalized spacial score (nSPS) is 10.2. The molecule has 0 spiro atoms. The van der Waals surface area contributed by atoms with E-state index in [0.717, 1.165) is 22.3 Å². The molecular weight excluding hydrogens is 452 g/mol. The second-order valence-corrected chi connectivity index (χ2v) is 7.46. The van der Waals surface area contributed by atoms with E-state index in [0.29, 0.717) is 29.6 Å². The Morgan fingerprint density at radius 3 is 2.41 bits per heavy atom. The number of carbonyl (C=O) groups is 1. The maximum atomic E-state index is 11.9. The molecule has 1 aromatic heterocycles. The Kier molecular flexibility index (Phi) is 8.11. The number of nitrogens with one attached hydrogen (secondary N) is 1. The summed E-state index contributed by atoms with van der Waals surface area (Å²) in [6.07, 6.45) is 0. The van der Waals surface area contributed by atoms with Crippen molar-refractivity contribution in [1.82, 2.24) is 4.98 Å². The Hall–Kier alpha value is -4.03. The number of methoxy groups -OCH3 is 1. The molecule has 1 heterocycles. The fourth-order valence-corrected chi connectivity index (χ4v) is 3.47. The summed E-state index contributed by atoms with van der Waals surface area (Å²) >= 11 is 0. The van der Waals surface area contributed by atoms with Crippen LogP contribution in [-0.2, 0) is 11.4 Å². The zero-order chi connectivity index (χ0) is 23.2. The lowest BCUT2D eigenvalue weighted by molar-refractivity contribution is -0.114. The third kappa shape index (κ3) is 5.85. The first kappa shape index (κ1) is 24.6. The molecule has 6 nitrogen and oxygen atoms in total. The lowest BCUT2D eigenvalue weighted by Crippen LogP contribution is -2.09. The van der Waals surface area contributed by atoms with Crippen molar-refractivity contribution in [1.29, 1.82) is 0 Å². The van der Waals surface area contributed by atoms with E-state index in [9.17, 15) is 9.90 Å². The molecular formula is C27H25ClN2O4. The van der Waals surface area contributed by atoms with Crippen LogP contribution in [0.25, 0.3) is 22.4 Å². The van der Waals surface area contributed by atoms with Crippen LogP contribution in [0.1, 0.15) is 12.5 Å². The highest BCUT2D eigenvalue weighted by molar-refractivity contribution is 5.93. The first-order valence-electron chi connectivity index (χ1n) is 10.5. The standard InChI is InChI=1S/C27H24N2O4.ClH/c1-18(30)28-27-23(12-13-24(29-27)21-9-6-10-22(31)15-21)20-11-14-25(26(16-20)32-2)33-17-19-7-4-3-5-8-19;/h3-16,31H,17H2,1-2H3,(H,28,29,30);1H. The first-order valence-corrected chi connectivity index (χ1v) is 10.5. The largest absolute Gasteiger partial charge is 0.508 e. The summed E-state index contributed by atoms with van der Waals surface area (Å²) in [5.41, 5.74) is 3.99. The van der Waals surface area contributed by atoms with Gasteiger partial charge in [0, 0.05) is 18.1 Å². The van der Waals surface area contributed by atoms with Crippen LogP contribution in [0.15, 0.2) is 84.9 Å². The average molecular weight is 477 g/mol. The van der Waals surface area contributed by atoms with Gasteiger partial charge in [-0.05, 0) is 47.5 Å². The fraction of sp³-hybridized carbons (Fsp3) is 0.111. The average Bonchev–Trinajstić information content (AvgIpc) is 2.83. The summed E-state index contributed by atoms with van der Waals surface area (Å²) in [5, 5.41) is 12.6. The Bertz CT molecular complexity index is 1280. The van der Waals surface area contributed by atoms with Crippen LogP contribution >= 0.6 is 12.4 Å². The predicted octanol–water partition coefficient (Wildman–Crippen LogP) is 6.09. The van der Waals surface area contributed by atoms with Gasteiger partial charge in [-0.25, -0.2) is 4.98 Å². The van der Waals surface area contributed by atoms with Gasteiger partial charge in [0.1, 0.15) is 18.2 Å². The third-order valence-electron chi connectivity index (χ3n) is 5.04. The van der Waals surface area contributed by atoms with Crippen molar-refractivity contribution < 1.29 is 19.4 Å². The summed E-state index contributed by atoms with van der Waals surface area (Å²) in [4.78, 5) is 16.5. The molecule has 0 saturated carbocycles. The topological polar surface area (TPSA) is 80.7 Å². The number of phenols is 1. The van der Waals surface area contributed by atoms with Crippen molar-refractivity contribution in [3.63, 3.8) is 0 Å². The lowest BCUT2D eigenvalue weighted by atomic mass is 10.0. The molecule has 4 rings (SSSR count). The van der Waals surface area contributed by atoms with Crippen LogP contribution in [0, 0.1) is 0 Å². The van der Waals surface area contributed by atoms with E-state index in [1.54, 1.807) is 25.3 Å². The van der Waals surface area contributed by atoms with Gasteiger partial charge in [-0.1, -0.05) is 48.5 Å². The Morgan fingerprint density at radius 2 is 1.71 bits per heavy atom. The van der Waals surface area contributed by atoms with Crippen LogP contribution in [0.3, 0.4) is 0 Å². The van der Waals surface area contributed by atoms with Gasteiger partial charge in [-0.15, -0.1) is 12.4 Å². The molecule has 0 unspecified atom stereocenters. The van der Waals surface area contributed by atoms with E-state index < -0.39 is 0 Å². The molecule has 174 valence electrons. The molecule has 3 aromatic carbocycles. The second-order valence-electron chi connectivity index (χ2n) is 7.46. The number of ether oxygens (including phenoxy) is 2. The highest BCUT2D eigenvalue weighted by atomic mass is 35.5.